The molecule has 1 N–H and O–H groups in total. The lowest BCUT2D eigenvalue weighted by molar-refractivity contribution is -0.134. The van der Waals surface area contributed by atoms with E-state index in [-0.39, 0.29) is 35.1 Å². The molecule has 2 aromatic rings. The summed E-state index contributed by atoms with van der Waals surface area (Å²) in [5.41, 5.74) is 0.889. The predicted octanol–water partition coefficient (Wildman–Crippen LogP) is 3.03. The first-order valence-corrected chi connectivity index (χ1v) is 11.3. The van der Waals surface area contributed by atoms with Crippen LogP contribution in [0.15, 0.2) is 34.9 Å². The molecular formula is C24H32N4O3. The molecule has 1 aliphatic heterocycles. The molecule has 3 atom stereocenters. The van der Waals surface area contributed by atoms with Crippen LogP contribution in [-0.4, -0.2) is 46.0 Å². The zero-order valence-corrected chi connectivity index (χ0v) is 18.6. The highest BCUT2D eigenvalue weighted by atomic mass is 16.5. The first kappa shape index (κ1) is 21.5. The quantitative estimate of drug-likeness (QED) is 0.738. The van der Waals surface area contributed by atoms with E-state index >= 15 is 0 Å². The first-order valence-electron chi connectivity index (χ1n) is 11.3. The number of amides is 2. The van der Waals surface area contributed by atoms with Crippen LogP contribution in [0.4, 0.5) is 0 Å². The van der Waals surface area contributed by atoms with Gasteiger partial charge in [0.25, 0.3) is 0 Å². The first-order chi connectivity index (χ1) is 14.9. The summed E-state index contributed by atoms with van der Waals surface area (Å²) < 4.78 is 5.60. The SMILES string of the molecule is Cc1noc([C@]23C[C@H](NC(=O)CCCc4ccccc4)CC2CN(C(=O)C(C)C)C3)n1. The van der Waals surface area contributed by atoms with Crippen molar-refractivity contribution >= 4 is 11.8 Å². The summed E-state index contributed by atoms with van der Waals surface area (Å²) in [7, 11) is 0. The number of fused-ring (bicyclic) bond motifs is 1. The number of hydrogen-bond acceptors (Lipinski definition) is 5. The molecule has 31 heavy (non-hydrogen) atoms. The van der Waals surface area contributed by atoms with E-state index < -0.39 is 0 Å². The number of carbonyl (C=O) groups is 2. The Morgan fingerprint density at radius 1 is 1.29 bits per heavy atom. The minimum absolute atomic E-state index is 0.0413. The third-order valence-electron chi connectivity index (χ3n) is 6.71. The minimum atomic E-state index is -0.367. The largest absolute Gasteiger partial charge is 0.353 e. The maximum atomic E-state index is 12.6. The number of rotatable bonds is 7. The van der Waals surface area contributed by atoms with Crippen LogP contribution in [0.25, 0.3) is 0 Å². The molecule has 7 nitrogen and oxygen atoms in total. The van der Waals surface area contributed by atoms with Gasteiger partial charge in [-0.25, -0.2) is 0 Å². The summed E-state index contributed by atoms with van der Waals surface area (Å²) in [6.07, 6.45) is 3.80. The van der Waals surface area contributed by atoms with Crippen molar-refractivity contribution in [1.29, 1.82) is 0 Å². The average Bonchev–Trinajstić information content (AvgIpc) is 3.40. The van der Waals surface area contributed by atoms with Gasteiger partial charge in [-0.2, -0.15) is 4.98 Å². The van der Waals surface area contributed by atoms with Gasteiger partial charge >= 0.3 is 0 Å². The van der Waals surface area contributed by atoms with E-state index in [1.165, 1.54) is 5.56 Å². The van der Waals surface area contributed by atoms with Gasteiger partial charge in [0, 0.05) is 31.5 Å². The normalized spacial score (nSPS) is 25.1. The van der Waals surface area contributed by atoms with Crippen molar-refractivity contribution in [3.05, 3.63) is 47.6 Å². The van der Waals surface area contributed by atoms with E-state index in [0.717, 1.165) is 25.7 Å². The lowest BCUT2D eigenvalue weighted by atomic mass is 9.80. The second-order valence-electron chi connectivity index (χ2n) is 9.42. The molecule has 1 saturated carbocycles. The number of likely N-dealkylation sites (tertiary alicyclic amines) is 1. The molecule has 2 fully saturated rings. The summed E-state index contributed by atoms with van der Waals surface area (Å²) >= 11 is 0. The van der Waals surface area contributed by atoms with Crippen molar-refractivity contribution in [2.45, 2.75) is 64.3 Å². The molecule has 4 rings (SSSR count). The fraction of sp³-hybridized carbons (Fsp3) is 0.583. The van der Waals surface area contributed by atoms with Crippen molar-refractivity contribution in [3.8, 4) is 0 Å². The van der Waals surface area contributed by atoms with Crippen LogP contribution >= 0.6 is 0 Å². The van der Waals surface area contributed by atoms with Gasteiger partial charge < -0.3 is 14.7 Å². The van der Waals surface area contributed by atoms with E-state index in [9.17, 15) is 9.59 Å². The highest BCUT2D eigenvalue weighted by Gasteiger charge is 2.58. The van der Waals surface area contributed by atoms with Gasteiger partial charge in [0.1, 0.15) is 0 Å². The van der Waals surface area contributed by atoms with Crippen molar-refractivity contribution in [3.63, 3.8) is 0 Å². The summed E-state index contributed by atoms with van der Waals surface area (Å²) in [5, 5.41) is 7.23. The van der Waals surface area contributed by atoms with E-state index in [0.29, 0.717) is 31.2 Å². The highest BCUT2D eigenvalue weighted by molar-refractivity contribution is 5.79. The van der Waals surface area contributed by atoms with Gasteiger partial charge in [-0.15, -0.1) is 0 Å². The van der Waals surface area contributed by atoms with Crippen LogP contribution in [-0.2, 0) is 21.4 Å². The maximum Gasteiger partial charge on any atom is 0.235 e. The Morgan fingerprint density at radius 2 is 2.06 bits per heavy atom. The number of aromatic nitrogens is 2. The number of nitrogens with one attached hydrogen (secondary N) is 1. The second kappa shape index (κ2) is 8.81. The molecule has 0 radical (unpaired) electrons. The lowest BCUT2D eigenvalue weighted by Crippen LogP contribution is -2.40. The number of aryl methyl sites for hydroxylation is 2. The molecule has 2 amide bonds. The van der Waals surface area contributed by atoms with E-state index in [1.807, 2.05) is 43.9 Å². The van der Waals surface area contributed by atoms with E-state index in [4.69, 9.17) is 4.52 Å². The molecule has 7 heteroatoms. The Kier molecular flexibility index (Phi) is 6.12. The van der Waals surface area contributed by atoms with E-state index in [2.05, 4.69) is 27.6 Å². The van der Waals surface area contributed by atoms with E-state index in [1.54, 1.807) is 0 Å². The molecule has 1 unspecified atom stereocenters. The van der Waals surface area contributed by atoms with Crippen LogP contribution in [0.5, 0.6) is 0 Å². The van der Waals surface area contributed by atoms with Gasteiger partial charge in [0.05, 0.1) is 5.41 Å². The molecule has 2 heterocycles. The van der Waals surface area contributed by atoms with Crippen LogP contribution in [0.1, 0.15) is 56.8 Å². The Labute approximate surface area is 183 Å². The van der Waals surface area contributed by atoms with Crippen molar-refractivity contribution in [2.75, 3.05) is 13.1 Å². The van der Waals surface area contributed by atoms with Crippen molar-refractivity contribution < 1.29 is 14.1 Å². The zero-order chi connectivity index (χ0) is 22.0. The van der Waals surface area contributed by atoms with Gasteiger partial charge in [0.15, 0.2) is 5.82 Å². The Bertz CT molecular complexity index is 926. The Hall–Kier alpha value is -2.70. The Morgan fingerprint density at radius 3 is 2.74 bits per heavy atom. The zero-order valence-electron chi connectivity index (χ0n) is 18.6. The number of benzene rings is 1. The minimum Gasteiger partial charge on any atom is -0.353 e. The highest BCUT2D eigenvalue weighted by Crippen LogP contribution is 2.50. The summed E-state index contributed by atoms with van der Waals surface area (Å²) in [6.45, 7) is 6.93. The van der Waals surface area contributed by atoms with Crippen LogP contribution in [0.3, 0.4) is 0 Å². The van der Waals surface area contributed by atoms with Crippen molar-refractivity contribution in [2.24, 2.45) is 11.8 Å². The molecule has 1 aromatic heterocycles. The Balaban J connectivity index is 1.39. The van der Waals surface area contributed by atoms with Gasteiger partial charge in [-0.3, -0.25) is 9.59 Å². The molecule has 166 valence electrons. The summed E-state index contributed by atoms with van der Waals surface area (Å²) in [4.78, 5) is 31.7. The van der Waals surface area contributed by atoms with Gasteiger partial charge in [-0.05, 0) is 44.1 Å². The fourth-order valence-electron chi connectivity index (χ4n) is 5.24. The summed E-state index contributed by atoms with van der Waals surface area (Å²) in [6, 6.07) is 10.3. The van der Waals surface area contributed by atoms with Crippen molar-refractivity contribution in [1.82, 2.24) is 20.4 Å². The van der Waals surface area contributed by atoms with Gasteiger partial charge in [0.2, 0.25) is 17.7 Å². The maximum absolute atomic E-state index is 12.6. The predicted molar refractivity (Wildman–Crippen MR) is 116 cm³/mol. The monoisotopic (exact) mass is 424 g/mol. The number of carbonyl (C=O) groups excluding carboxylic acids is 2. The molecular weight excluding hydrogens is 392 g/mol. The van der Waals surface area contributed by atoms with Crippen LogP contribution in [0.2, 0.25) is 0 Å². The van der Waals surface area contributed by atoms with Gasteiger partial charge in [-0.1, -0.05) is 49.3 Å². The molecule has 1 saturated heterocycles. The standard InChI is InChI=1S/C24H32N4O3/c1-16(2)22(30)28-14-19-12-20(13-24(19,15-28)23-25-17(3)27-31-23)26-21(29)11-7-10-18-8-5-4-6-9-18/h4-6,8-9,16,19-20H,7,10-15H2,1-3H3,(H,26,29)/t19?,20-,24+/m1/s1. The van der Waals surface area contributed by atoms with Crippen LogP contribution < -0.4 is 5.32 Å². The third-order valence-corrected chi connectivity index (χ3v) is 6.71. The summed E-state index contributed by atoms with van der Waals surface area (Å²) in [5.74, 6) is 1.63. The lowest BCUT2D eigenvalue weighted by Gasteiger charge is -2.26. The molecule has 2 aliphatic rings. The molecule has 1 aromatic carbocycles. The average molecular weight is 425 g/mol. The number of hydrogen-bond donors (Lipinski definition) is 1. The second-order valence-corrected chi connectivity index (χ2v) is 9.42. The van der Waals surface area contributed by atoms with Crippen LogP contribution in [0, 0.1) is 18.8 Å². The third kappa shape index (κ3) is 4.50. The fourth-order valence-corrected chi connectivity index (χ4v) is 5.24. The number of nitrogens with zero attached hydrogens (tertiary/aromatic N) is 3. The smallest absolute Gasteiger partial charge is 0.235 e. The molecule has 1 aliphatic carbocycles. The topological polar surface area (TPSA) is 88.3 Å². The molecule has 0 bridgehead atoms. The molecule has 0 spiro atoms.